The first-order valence-electron chi connectivity index (χ1n) is 11.5. The first-order valence-corrected chi connectivity index (χ1v) is 11.5. The number of aliphatic hydroxyl groups excluding tert-OH is 1. The second kappa shape index (κ2) is 9.91. The van der Waals surface area contributed by atoms with Gasteiger partial charge in [0.15, 0.2) is 0 Å². The molecule has 3 aromatic rings. The number of Topliss-reactive ketones (excluding diaryl/α,β-unsaturated/α-hetero) is 1. The van der Waals surface area contributed by atoms with E-state index in [0.29, 0.717) is 5.56 Å². The van der Waals surface area contributed by atoms with Gasteiger partial charge in [-0.3, -0.25) is 14.6 Å². The molecule has 1 aliphatic rings. The van der Waals surface area contributed by atoms with Gasteiger partial charge in [-0.1, -0.05) is 42.0 Å². The molecule has 0 saturated carbocycles. The van der Waals surface area contributed by atoms with Crippen molar-refractivity contribution < 1.29 is 14.7 Å². The van der Waals surface area contributed by atoms with Crippen molar-refractivity contribution in [3.8, 4) is 0 Å². The lowest BCUT2D eigenvalue weighted by atomic mass is 9.94. The Morgan fingerprint density at radius 3 is 2.15 bits per heavy atom. The molecule has 0 spiro atoms. The predicted octanol–water partition coefficient (Wildman–Crippen LogP) is 4.86. The minimum atomic E-state index is -0.694. The molecule has 1 unspecified atom stereocenters. The van der Waals surface area contributed by atoms with Crippen molar-refractivity contribution in [2.24, 2.45) is 0 Å². The molecule has 0 bridgehead atoms. The Labute approximate surface area is 200 Å². The molecule has 1 atom stereocenters. The Morgan fingerprint density at radius 2 is 1.56 bits per heavy atom. The predicted molar refractivity (Wildman–Crippen MR) is 133 cm³/mol. The lowest BCUT2D eigenvalue weighted by Crippen LogP contribution is -2.29. The van der Waals surface area contributed by atoms with Crippen LogP contribution in [0, 0.1) is 6.92 Å². The van der Waals surface area contributed by atoms with E-state index in [2.05, 4.69) is 23.7 Å². The van der Waals surface area contributed by atoms with Crippen molar-refractivity contribution in [2.45, 2.75) is 33.4 Å². The standard InChI is InChI=1S/C28H29N3O3/c1-4-30(5-2)23-12-10-21(11-13-23)25-24(26(32)22-8-6-19(3)7-9-22)27(33)28(34)31(25)18-20-14-16-29-17-15-20/h6-17,25,32H,4-5,18H2,1-3H3/b26-24-. The molecule has 0 aliphatic carbocycles. The van der Waals surface area contributed by atoms with Crippen molar-refractivity contribution in [2.75, 3.05) is 18.0 Å². The van der Waals surface area contributed by atoms with E-state index in [-0.39, 0.29) is 17.9 Å². The third-order valence-electron chi connectivity index (χ3n) is 6.30. The van der Waals surface area contributed by atoms with Crippen molar-refractivity contribution in [3.05, 3.63) is 101 Å². The first-order chi connectivity index (χ1) is 16.4. The highest BCUT2D eigenvalue weighted by atomic mass is 16.3. The lowest BCUT2D eigenvalue weighted by Gasteiger charge is -2.26. The quantitative estimate of drug-likeness (QED) is 0.313. The summed E-state index contributed by atoms with van der Waals surface area (Å²) in [4.78, 5) is 34.2. The Balaban J connectivity index is 1.82. The fourth-order valence-electron chi connectivity index (χ4n) is 4.40. The van der Waals surface area contributed by atoms with Gasteiger partial charge in [-0.15, -0.1) is 0 Å². The molecule has 1 saturated heterocycles. The number of carbonyl (C=O) groups excluding carboxylic acids is 2. The van der Waals surface area contributed by atoms with E-state index < -0.39 is 17.7 Å². The maximum atomic E-state index is 13.2. The normalized spacial score (nSPS) is 17.3. The van der Waals surface area contributed by atoms with Gasteiger partial charge in [0.05, 0.1) is 11.6 Å². The van der Waals surface area contributed by atoms with Crippen LogP contribution in [-0.2, 0) is 16.1 Å². The summed E-state index contributed by atoms with van der Waals surface area (Å²) < 4.78 is 0. The van der Waals surface area contributed by atoms with E-state index >= 15 is 0 Å². The fraction of sp³-hybridized carbons (Fsp3) is 0.250. The number of amides is 1. The average molecular weight is 456 g/mol. The third-order valence-corrected chi connectivity index (χ3v) is 6.30. The van der Waals surface area contributed by atoms with Gasteiger partial charge >= 0.3 is 0 Å². The SMILES string of the molecule is CCN(CC)c1ccc(C2/C(=C(/O)c3ccc(C)cc3)C(=O)C(=O)N2Cc2ccncc2)cc1. The minimum absolute atomic E-state index is 0.110. The van der Waals surface area contributed by atoms with Crippen LogP contribution in [-0.4, -0.2) is 39.8 Å². The largest absolute Gasteiger partial charge is 0.507 e. The van der Waals surface area contributed by atoms with Gasteiger partial charge in [0, 0.05) is 43.3 Å². The zero-order chi connectivity index (χ0) is 24.2. The maximum absolute atomic E-state index is 13.2. The molecule has 1 aromatic heterocycles. The van der Waals surface area contributed by atoms with Gasteiger partial charge in [0.25, 0.3) is 11.7 Å². The van der Waals surface area contributed by atoms with E-state index in [1.54, 1.807) is 24.5 Å². The minimum Gasteiger partial charge on any atom is -0.507 e. The zero-order valence-electron chi connectivity index (χ0n) is 19.7. The number of nitrogens with zero attached hydrogens (tertiary/aromatic N) is 3. The third kappa shape index (κ3) is 4.44. The van der Waals surface area contributed by atoms with Crippen LogP contribution < -0.4 is 4.90 Å². The van der Waals surface area contributed by atoms with Gasteiger partial charge in [-0.25, -0.2) is 0 Å². The number of aliphatic hydroxyl groups is 1. The van der Waals surface area contributed by atoms with Crippen LogP contribution >= 0.6 is 0 Å². The number of aromatic nitrogens is 1. The molecule has 1 N–H and O–H groups in total. The molecule has 2 heterocycles. The monoisotopic (exact) mass is 455 g/mol. The number of rotatable bonds is 7. The smallest absolute Gasteiger partial charge is 0.295 e. The van der Waals surface area contributed by atoms with Crippen LogP contribution in [0.3, 0.4) is 0 Å². The molecular weight excluding hydrogens is 426 g/mol. The Morgan fingerprint density at radius 1 is 0.941 bits per heavy atom. The molecule has 1 aliphatic heterocycles. The summed E-state index contributed by atoms with van der Waals surface area (Å²) in [6, 6.07) is 18.1. The summed E-state index contributed by atoms with van der Waals surface area (Å²) in [7, 11) is 0. The molecular formula is C28H29N3O3. The van der Waals surface area contributed by atoms with Crippen molar-refractivity contribution in [1.82, 2.24) is 9.88 Å². The van der Waals surface area contributed by atoms with Crippen molar-refractivity contribution in [3.63, 3.8) is 0 Å². The number of ketones is 1. The average Bonchev–Trinajstić information content (AvgIpc) is 3.11. The van der Waals surface area contributed by atoms with Gasteiger partial charge in [-0.2, -0.15) is 0 Å². The molecule has 0 radical (unpaired) electrons. The van der Waals surface area contributed by atoms with Crippen LogP contribution in [0.25, 0.3) is 5.76 Å². The van der Waals surface area contributed by atoms with Crippen LogP contribution in [0.15, 0.2) is 78.6 Å². The van der Waals surface area contributed by atoms with Gasteiger partial charge in [0.2, 0.25) is 0 Å². The second-order valence-corrected chi connectivity index (χ2v) is 8.41. The summed E-state index contributed by atoms with van der Waals surface area (Å²) in [5.74, 6) is -1.46. The second-order valence-electron chi connectivity index (χ2n) is 8.41. The first kappa shape index (κ1) is 23.2. The summed E-state index contributed by atoms with van der Waals surface area (Å²) in [6.45, 7) is 8.15. The fourth-order valence-corrected chi connectivity index (χ4v) is 4.40. The summed E-state index contributed by atoms with van der Waals surface area (Å²) in [5, 5.41) is 11.2. The van der Waals surface area contributed by atoms with E-state index in [0.717, 1.165) is 35.5 Å². The number of aryl methyl sites for hydroxylation is 1. The van der Waals surface area contributed by atoms with Gasteiger partial charge in [0.1, 0.15) is 5.76 Å². The Bertz CT molecular complexity index is 1200. The van der Waals surface area contributed by atoms with Crippen molar-refractivity contribution in [1.29, 1.82) is 0 Å². The maximum Gasteiger partial charge on any atom is 0.295 e. The number of hydrogen-bond acceptors (Lipinski definition) is 5. The molecule has 1 amide bonds. The van der Waals surface area contributed by atoms with Crippen LogP contribution in [0.2, 0.25) is 0 Å². The van der Waals surface area contributed by atoms with Crippen LogP contribution in [0.1, 0.15) is 42.1 Å². The lowest BCUT2D eigenvalue weighted by molar-refractivity contribution is -0.140. The van der Waals surface area contributed by atoms with E-state index in [1.807, 2.05) is 55.5 Å². The number of hydrogen-bond donors (Lipinski definition) is 1. The van der Waals surface area contributed by atoms with E-state index in [1.165, 1.54) is 4.90 Å². The van der Waals surface area contributed by atoms with E-state index in [4.69, 9.17) is 0 Å². The highest BCUT2D eigenvalue weighted by Gasteiger charge is 2.46. The van der Waals surface area contributed by atoms with Crippen molar-refractivity contribution >= 4 is 23.1 Å². The van der Waals surface area contributed by atoms with Crippen LogP contribution in [0.5, 0.6) is 0 Å². The molecule has 174 valence electrons. The zero-order valence-corrected chi connectivity index (χ0v) is 19.7. The molecule has 4 rings (SSSR count). The van der Waals surface area contributed by atoms with E-state index in [9.17, 15) is 14.7 Å². The Kier molecular flexibility index (Phi) is 6.77. The summed E-state index contributed by atoms with van der Waals surface area (Å²) in [5.41, 5.74) is 4.36. The van der Waals surface area contributed by atoms with Gasteiger partial charge < -0.3 is 14.9 Å². The summed E-state index contributed by atoms with van der Waals surface area (Å²) >= 11 is 0. The summed E-state index contributed by atoms with van der Waals surface area (Å²) in [6.07, 6.45) is 3.32. The number of pyridine rings is 1. The molecule has 6 nitrogen and oxygen atoms in total. The molecule has 1 fully saturated rings. The number of benzene rings is 2. The number of likely N-dealkylation sites (tertiary alicyclic amines) is 1. The van der Waals surface area contributed by atoms with Crippen LogP contribution in [0.4, 0.5) is 5.69 Å². The van der Waals surface area contributed by atoms with Gasteiger partial charge in [-0.05, 0) is 56.2 Å². The Hall–Kier alpha value is -3.93. The number of carbonyl (C=O) groups is 2. The number of anilines is 1. The molecule has 34 heavy (non-hydrogen) atoms. The highest BCUT2D eigenvalue weighted by molar-refractivity contribution is 6.46. The highest BCUT2D eigenvalue weighted by Crippen LogP contribution is 2.40. The molecule has 2 aromatic carbocycles. The topological polar surface area (TPSA) is 73.7 Å². The molecule has 6 heteroatoms.